The van der Waals surface area contributed by atoms with Crippen LogP contribution in [-0.4, -0.2) is 30.2 Å². The van der Waals surface area contributed by atoms with Crippen molar-refractivity contribution in [2.24, 2.45) is 11.8 Å². The number of hydrogen-bond donors (Lipinski definition) is 3. The molecule has 0 radical (unpaired) electrons. The SMILES string of the molecule is CC1CC1CNC(=O)NCC(C(=O)O)c1ccccc1. The Bertz CT molecular complexity index is 475. The molecule has 1 aromatic carbocycles. The standard InChI is InChI=1S/C15H20N2O3/c1-10-7-12(10)8-16-15(20)17-9-13(14(18)19)11-5-3-2-4-6-11/h2-6,10,12-13H,7-9H2,1H3,(H,18,19)(H2,16,17,20). The van der Waals surface area contributed by atoms with E-state index in [2.05, 4.69) is 17.6 Å². The van der Waals surface area contributed by atoms with Crippen molar-refractivity contribution in [1.29, 1.82) is 0 Å². The summed E-state index contributed by atoms with van der Waals surface area (Å²) in [6.07, 6.45) is 1.15. The van der Waals surface area contributed by atoms with Crippen LogP contribution in [0.5, 0.6) is 0 Å². The minimum atomic E-state index is -0.938. The van der Waals surface area contributed by atoms with Crippen LogP contribution < -0.4 is 10.6 Å². The van der Waals surface area contributed by atoms with Crippen LogP contribution in [0.4, 0.5) is 4.79 Å². The molecule has 20 heavy (non-hydrogen) atoms. The summed E-state index contributed by atoms with van der Waals surface area (Å²) in [5, 5.41) is 14.6. The lowest BCUT2D eigenvalue weighted by molar-refractivity contribution is -0.138. The fourth-order valence-corrected chi connectivity index (χ4v) is 2.20. The third-order valence-corrected chi connectivity index (χ3v) is 3.77. The second-order valence-corrected chi connectivity index (χ2v) is 5.37. The van der Waals surface area contributed by atoms with Crippen LogP contribution in [0.2, 0.25) is 0 Å². The molecule has 1 fully saturated rings. The Morgan fingerprint density at radius 1 is 1.30 bits per heavy atom. The lowest BCUT2D eigenvalue weighted by atomic mass is 9.99. The molecule has 108 valence electrons. The molecule has 0 spiro atoms. The van der Waals surface area contributed by atoms with Gasteiger partial charge in [0.2, 0.25) is 0 Å². The van der Waals surface area contributed by atoms with Gasteiger partial charge in [-0.1, -0.05) is 37.3 Å². The normalized spacial score (nSPS) is 21.9. The van der Waals surface area contributed by atoms with E-state index < -0.39 is 11.9 Å². The third-order valence-electron chi connectivity index (χ3n) is 3.77. The van der Waals surface area contributed by atoms with E-state index >= 15 is 0 Å². The fraction of sp³-hybridized carbons (Fsp3) is 0.467. The Morgan fingerprint density at radius 2 is 1.95 bits per heavy atom. The van der Waals surface area contributed by atoms with Gasteiger partial charge in [-0.2, -0.15) is 0 Å². The summed E-state index contributed by atoms with van der Waals surface area (Å²) >= 11 is 0. The first-order valence-electron chi connectivity index (χ1n) is 6.87. The van der Waals surface area contributed by atoms with E-state index in [0.29, 0.717) is 23.9 Å². The molecule has 0 aliphatic heterocycles. The molecule has 1 aliphatic carbocycles. The van der Waals surface area contributed by atoms with Crippen molar-refractivity contribution < 1.29 is 14.7 Å². The van der Waals surface area contributed by atoms with Crippen LogP contribution in [0.1, 0.15) is 24.8 Å². The molecule has 3 unspecified atom stereocenters. The van der Waals surface area contributed by atoms with Crippen molar-refractivity contribution in [2.45, 2.75) is 19.3 Å². The summed E-state index contributed by atoms with van der Waals surface area (Å²) < 4.78 is 0. The van der Waals surface area contributed by atoms with Crippen molar-refractivity contribution in [1.82, 2.24) is 10.6 Å². The van der Waals surface area contributed by atoms with E-state index in [-0.39, 0.29) is 12.6 Å². The number of nitrogens with one attached hydrogen (secondary N) is 2. The highest BCUT2D eigenvalue weighted by Gasteiger charge is 2.32. The number of urea groups is 1. The van der Waals surface area contributed by atoms with Crippen molar-refractivity contribution >= 4 is 12.0 Å². The van der Waals surface area contributed by atoms with Crippen molar-refractivity contribution in [3.63, 3.8) is 0 Å². The highest BCUT2D eigenvalue weighted by Crippen LogP contribution is 2.36. The zero-order valence-electron chi connectivity index (χ0n) is 11.5. The molecule has 2 rings (SSSR count). The van der Waals surface area contributed by atoms with Gasteiger partial charge in [-0.25, -0.2) is 4.79 Å². The molecule has 5 nitrogen and oxygen atoms in total. The van der Waals surface area contributed by atoms with E-state index in [9.17, 15) is 14.7 Å². The number of carboxylic acids is 1. The Kier molecular flexibility index (Phi) is 4.61. The molecule has 1 aromatic rings. The molecular formula is C15H20N2O3. The molecule has 0 heterocycles. The van der Waals surface area contributed by atoms with E-state index in [1.54, 1.807) is 24.3 Å². The smallest absolute Gasteiger partial charge is 0.314 e. The number of carbonyl (C=O) groups is 2. The fourth-order valence-electron chi connectivity index (χ4n) is 2.20. The quantitative estimate of drug-likeness (QED) is 0.741. The van der Waals surface area contributed by atoms with Gasteiger partial charge < -0.3 is 15.7 Å². The summed E-state index contributed by atoms with van der Waals surface area (Å²) in [7, 11) is 0. The van der Waals surface area contributed by atoms with Crippen molar-refractivity contribution in [3.05, 3.63) is 35.9 Å². The number of carboxylic acid groups (broad SMARTS) is 1. The highest BCUT2D eigenvalue weighted by molar-refractivity contribution is 5.79. The number of amides is 2. The lowest BCUT2D eigenvalue weighted by Gasteiger charge is -2.14. The van der Waals surface area contributed by atoms with Crippen LogP contribution in [0.25, 0.3) is 0 Å². The lowest BCUT2D eigenvalue weighted by Crippen LogP contribution is -2.40. The molecule has 0 aromatic heterocycles. The molecule has 2 amide bonds. The average Bonchev–Trinajstić information content (AvgIpc) is 3.13. The second kappa shape index (κ2) is 6.41. The van der Waals surface area contributed by atoms with Gasteiger partial charge in [0.1, 0.15) is 0 Å². The molecule has 0 bridgehead atoms. The highest BCUT2D eigenvalue weighted by atomic mass is 16.4. The Hall–Kier alpha value is -2.04. The predicted octanol–water partition coefficient (Wildman–Crippen LogP) is 1.81. The first-order valence-corrected chi connectivity index (χ1v) is 6.87. The zero-order chi connectivity index (χ0) is 14.5. The molecular weight excluding hydrogens is 256 g/mol. The molecule has 3 N–H and O–H groups in total. The number of rotatable bonds is 6. The first-order chi connectivity index (χ1) is 9.58. The van der Waals surface area contributed by atoms with E-state index in [1.165, 1.54) is 0 Å². The minimum Gasteiger partial charge on any atom is -0.481 e. The van der Waals surface area contributed by atoms with E-state index in [1.807, 2.05) is 6.07 Å². The monoisotopic (exact) mass is 276 g/mol. The van der Waals surface area contributed by atoms with Crippen molar-refractivity contribution in [3.8, 4) is 0 Å². The van der Waals surface area contributed by atoms with Crippen LogP contribution >= 0.6 is 0 Å². The summed E-state index contributed by atoms with van der Waals surface area (Å²) in [5.74, 6) is -0.398. The largest absolute Gasteiger partial charge is 0.481 e. The summed E-state index contributed by atoms with van der Waals surface area (Å²) in [6, 6.07) is 8.62. The van der Waals surface area contributed by atoms with Gasteiger partial charge >= 0.3 is 12.0 Å². The van der Waals surface area contributed by atoms with E-state index in [0.717, 1.165) is 6.42 Å². The molecule has 1 aliphatic rings. The maximum atomic E-state index is 11.6. The van der Waals surface area contributed by atoms with Gasteiger partial charge in [0, 0.05) is 13.1 Å². The van der Waals surface area contributed by atoms with Gasteiger partial charge in [0.05, 0.1) is 5.92 Å². The third kappa shape index (κ3) is 3.98. The number of hydrogen-bond acceptors (Lipinski definition) is 2. The second-order valence-electron chi connectivity index (χ2n) is 5.37. The van der Waals surface area contributed by atoms with Gasteiger partial charge in [0.15, 0.2) is 0 Å². The number of aliphatic carboxylic acids is 1. The van der Waals surface area contributed by atoms with Crippen LogP contribution in [-0.2, 0) is 4.79 Å². The number of carbonyl (C=O) groups excluding carboxylic acids is 1. The summed E-state index contributed by atoms with van der Waals surface area (Å²) in [4.78, 5) is 22.9. The zero-order valence-corrected chi connectivity index (χ0v) is 11.5. The topological polar surface area (TPSA) is 78.4 Å². The molecule has 1 saturated carbocycles. The van der Waals surface area contributed by atoms with Gasteiger partial charge in [-0.05, 0) is 23.8 Å². The molecule has 0 saturated heterocycles. The predicted molar refractivity (Wildman–Crippen MR) is 75.5 cm³/mol. The average molecular weight is 276 g/mol. The maximum absolute atomic E-state index is 11.6. The van der Waals surface area contributed by atoms with E-state index in [4.69, 9.17) is 0 Å². The van der Waals surface area contributed by atoms with Gasteiger partial charge in [0.25, 0.3) is 0 Å². The maximum Gasteiger partial charge on any atom is 0.314 e. The van der Waals surface area contributed by atoms with Crippen molar-refractivity contribution in [2.75, 3.05) is 13.1 Å². The summed E-state index contributed by atoms with van der Waals surface area (Å²) in [5.41, 5.74) is 0.691. The Balaban J connectivity index is 1.80. The van der Waals surface area contributed by atoms with Gasteiger partial charge in [-0.3, -0.25) is 4.79 Å². The Labute approximate surface area is 118 Å². The summed E-state index contributed by atoms with van der Waals surface area (Å²) in [6.45, 7) is 2.90. The minimum absolute atomic E-state index is 0.0887. The van der Waals surface area contributed by atoms with Crippen LogP contribution in [0.15, 0.2) is 30.3 Å². The van der Waals surface area contributed by atoms with Crippen LogP contribution in [0.3, 0.4) is 0 Å². The van der Waals surface area contributed by atoms with Crippen LogP contribution in [0, 0.1) is 11.8 Å². The first kappa shape index (κ1) is 14.4. The Morgan fingerprint density at radius 3 is 2.50 bits per heavy atom. The molecule has 5 heteroatoms. The number of benzene rings is 1. The molecule has 3 atom stereocenters. The van der Waals surface area contributed by atoms with Gasteiger partial charge in [-0.15, -0.1) is 0 Å².